The summed E-state index contributed by atoms with van der Waals surface area (Å²) in [4.78, 5) is 22.2. The molecule has 0 radical (unpaired) electrons. The summed E-state index contributed by atoms with van der Waals surface area (Å²) in [6, 6.07) is 23.7. The van der Waals surface area contributed by atoms with E-state index in [0.29, 0.717) is 11.5 Å². The summed E-state index contributed by atoms with van der Waals surface area (Å²) in [5.41, 5.74) is 4.65. The number of carbonyl (C=O) groups is 1. The maximum Gasteiger partial charge on any atom is 0.413 e. The third-order valence-corrected chi connectivity index (χ3v) is 6.65. The van der Waals surface area contributed by atoms with Gasteiger partial charge in [0.15, 0.2) is 18.2 Å². The fourth-order valence-electron chi connectivity index (χ4n) is 4.46. The molecule has 0 bridgehead atoms. The molecule has 0 atom stereocenters. The molecule has 6 rings (SSSR count). The van der Waals surface area contributed by atoms with Gasteiger partial charge in [0, 0.05) is 52.2 Å². The fraction of sp³-hybridized carbons (Fsp3) is 0.200. The highest BCUT2D eigenvalue weighted by molar-refractivity contribution is 5.96. The molecule has 38 heavy (non-hydrogen) atoms. The third-order valence-electron chi connectivity index (χ3n) is 6.65. The van der Waals surface area contributed by atoms with Crippen molar-refractivity contribution in [2.24, 2.45) is 0 Å². The number of aromatic nitrogens is 2. The molecule has 1 fully saturated rings. The molecule has 0 saturated heterocycles. The van der Waals surface area contributed by atoms with Crippen molar-refractivity contribution >= 4 is 39.3 Å². The van der Waals surface area contributed by atoms with Gasteiger partial charge in [-0.05, 0) is 54.8 Å². The van der Waals surface area contributed by atoms with Crippen LogP contribution in [-0.4, -0.2) is 40.8 Å². The number of ether oxygens (including phenoxy) is 3. The van der Waals surface area contributed by atoms with Gasteiger partial charge >= 0.3 is 6.09 Å². The molecule has 2 N–H and O–H groups in total. The molecule has 1 aliphatic rings. The Hall–Kier alpha value is -4.72. The summed E-state index contributed by atoms with van der Waals surface area (Å²) < 4.78 is 17.3. The Labute approximate surface area is 220 Å². The number of benzene rings is 3. The molecular formula is C30H28N4O4. The van der Waals surface area contributed by atoms with Crippen molar-refractivity contribution in [3.63, 3.8) is 0 Å². The molecular weight excluding hydrogens is 480 g/mol. The van der Waals surface area contributed by atoms with Crippen molar-refractivity contribution in [2.75, 3.05) is 19.2 Å². The quantitative estimate of drug-likeness (QED) is 0.218. The van der Waals surface area contributed by atoms with E-state index in [0.717, 1.165) is 51.6 Å². The van der Waals surface area contributed by atoms with E-state index >= 15 is 0 Å². The molecule has 1 aliphatic carbocycles. The number of methoxy groups -OCH3 is 1. The number of amides is 1. The Bertz CT molecular complexity index is 1580. The van der Waals surface area contributed by atoms with Crippen LogP contribution in [0.1, 0.15) is 18.4 Å². The van der Waals surface area contributed by atoms with Gasteiger partial charge in [0.25, 0.3) is 0 Å². The highest BCUT2D eigenvalue weighted by Gasteiger charge is 2.34. The highest BCUT2D eigenvalue weighted by Crippen LogP contribution is 2.36. The first-order chi connectivity index (χ1) is 18.7. The van der Waals surface area contributed by atoms with Crippen molar-refractivity contribution in [2.45, 2.75) is 25.5 Å². The Morgan fingerprint density at radius 3 is 2.74 bits per heavy atom. The zero-order valence-electron chi connectivity index (χ0n) is 21.0. The first-order valence-electron chi connectivity index (χ1n) is 12.6. The molecule has 3 aromatic carbocycles. The fourth-order valence-corrected chi connectivity index (χ4v) is 4.46. The lowest BCUT2D eigenvalue weighted by molar-refractivity contribution is 0.0607. The largest absolute Gasteiger partial charge is 0.493 e. The number of carbonyl (C=O) groups excluding carboxylic acids is 1. The number of pyridine rings is 1. The van der Waals surface area contributed by atoms with E-state index in [4.69, 9.17) is 14.2 Å². The first-order valence-corrected chi connectivity index (χ1v) is 12.6. The molecule has 0 unspecified atom stereocenters. The molecule has 2 aromatic heterocycles. The van der Waals surface area contributed by atoms with Gasteiger partial charge < -0.3 is 24.5 Å². The number of fused-ring (bicyclic) bond motifs is 2. The Morgan fingerprint density at radius 2 is 1.92 bits per heavy atom. The molecule has 0 aliphatic heterocycles. The van der Waals surface area contributed by atoms with Gasteiger partial charge in [0.1, 0.15) is 6.61 Å². The molecule has 1 saturated carbocycles. The van der Waals surface area contributed by atoms with Gasteiger partial charge in [-0.2, -0.15) is 0 Å². The Kier molecular flexibility index (Phi) is 6.44. The number of rotatable bonds is 9. The number of anilines is 2. The molecule has 192 valence electrons. The summed E-state index contributed by atoms with van der Waals surface area (Å²) >= 11 is 0. The van der Waals surface area contributed by atoms with Crippen LogP contribution in [0.2, 0.25) is 0 Å². The van der Waals surface area contributed by atoms with Gasteiger partial charge in [-0.15, -0.1) is 0 Å². The van der Waals surface area contributed by atoms with E-state index in [2.05, 4.69) is 21.4 Å². The van der Waals surface area contributed by atoms with Crippen LogP contribution >= 0.6 is 0 Å². The standard InChI is InChI=1S/C30H28N4O4/c1-36-28-16-24-26(33-22-7-10-25-21(15-22)11-13-31-25)12-14-32-27(24)17-29(28)38-19-34(23-8-9-23)30(35)37-18-20-5-3-2-4-6-20/h2-7,10-17,23,31H,8-9,18-19H2,1H3,(H,32,33). The third kappa shape index (κ3) is 5.06. The molecule has 8 nitrogen and oxygen atoms in total. The molecule has 2 heterocycles. The van der Waals surface area contributed by atoms with Crippen LogP contribution in [0, 0.1) is 0 Å². The normalized spacial score (nSPS) is 12.9. The lowest BCUT2D eigenvalue weighted by atomic mass is 10.1. The minimum atomic E-state index is -0.389. The monoisotopic (exact) mass is 508 g/mol. The number of nitrogens with zero attached hydrogens (tertiary/aromatic N) is 2. The minimum Gasteiger partial charge on any atom is -0.493 e. The number of hydrogen-bond acceptors (Lipinski definition) is 6. The second-order valence-corrected chi connectivity index (χ2v) is 9.30. The van der Waals surface area contributed by atoms with Crippen molar-refractivity contribution in [1.82, 2.24) is 14.9 Å². The molecule has 8 heteroatoms. The van der Waals surface area contributed by atoms with Gasteiger partial charge in [-0.25, -0.2) is 4.79 Å². The SMILES string of the molecule is COc1cc2c(Nc3ccc4[nH]ccc4c3)ccnc2cc1OCN(C(=O)OCc1ccccc1)C1CC1. The number of H-pyrrole nitrogens is 1. The van der Waals surface area contributed by atoms with Gasteiger partial charge in [-0.1, -0.05) is 30.3 Å². The molecule has 0 spiro atoms. The van der Waals surface area contributed by atoms with Gasteiger partial charge in [0.05, 0.1) is 12.6 Å². The van der Waals surface area contributed by atoms with Gasteiger partial charge in [-0.3, -0.25) is 9.88 Å². The van der Waals surface area contributed by atoms with E-state index in [1.165, 1.54) is 0 Å². The predicted octanol–water partition coefficient (Wildman–Crippen LogP) is 6.61. The van der Waals surface area contributed by atoms with Crippen molar-refractivity contribution in [1.29, 1.82) is 0 Å². The van der Waals surface area contributed by atoms with E-state index in [1.807, 2.05) is 72.9 Å². The van der Waals surface area contributed by atoms with Crippen LogP contribution in [0.3, 0.4) is 0 Å². The van der Waals surface area contributed by atoms with Crippen LogP contribution in [0.15, 0.2) is 85.2 Å². The van der Waals surface area contributed by atoms with Gasteiger partial charge in [0.2, 0.25) is 0 Å². The maximum atomic E-state index is 12.8. The van der Waals surface area contributed by atoms with Crippen LogP contribution in [0.5, 0.6) is 11.5 Å². The highest BCUT2D eigenvalue weighted by atomic mass is 16.6. The van der Waals surface area contributed by atoms with Crippen molar-refractivity contribution < 1.29 is 19.0 Å². The van der Waals surface area contributed by atoms with Crippen molar-refractivity contribution in [3.8, 4) is 11.5 Å². The van der Waals surface area contributed by atoms with E-state index in [9.17, 15) is 4.79 Å². The summed E-state index contributed by atoms with van der Waals surface area (Å²) in [6.07, 6.45) is 5.16. The zero-order chi connectivity index (χ0) is 25.9. The summed E-state index contributed by atoms with van der Waals surface area (Å²) in [7, 11) is 1.60. The second kappa shape index (κ2) is 10.3. The summed E-state index contributed by atoms with van der Waals surface area (Å²) in [5.74, 6) is 1.07. The zero-order valence-corrected chi connectivity index (χ0v) is 21.0. The maximum absolute atomic E-state index is 12.8. The van der Waals surface area contributed by atoms with E-state index in [-0.39, 0.29) is 25.5 Å². The number of hydrogen-bond donors (Lipinski definition) is 2. The minimum absolute atomic E-state index is 0.0643. The van der Waals surface area contributed by atoms with Crippen LogP contribution < -0.4 is 14.8 Å². The number of nitrogens with one attached hydrogen (secondary N) is 2. The number of aromatic amines is 1. The summed E-state index contributed by atoms with van der Waals surface area (Å²) in [5, 5.41) is 5.52. The Morgan fingerprint density at radius 1 is 1.05 bits per heavy atom. The smallest absolute Gasteiger partial charge is 0.413 e. The van der Waals surface area contributed by atoms with Crippen LogP contribution in [0.4, 0.5) is 16.2 Å². The lowest BCUT2D eigenvalue weighted by Gasteiger charge is -2.23. The Balaban J connectivity index is 1.19. The van der Waals surface area contributed by atoms with E-state index < -0.39 is 0 Å². The lowest BCUT2D eigenvalue weighted by Crippen LogP contribution is -2.36. The topological polar surface area (TPSA) is 88.7 Å². The average Bonchev–Trinajstić information content (AvgIpc) is 3.68. The van der Waals surface area contributed by atoms with Crippen LogP contribution in [-0.2, 0) is 11.3 Å². The second-order valence-electron chi connectivity index (χ2n) is 9.30. The van der Waals surface area contributed by atoms with Crippen LogP contribution in [0.25, 0.3) is 21.8 Å². The molecule has 5 aromatic rings. The van der Waals surface area contributed by atoms with E-state index in [1.54, 1.807) is 18.2 Å². The predicted molar refractivity (Wildman–Crippen MR) is 147 cm³/mol. The first kappa shape index (κ1) is 23.7. The van der Waals surface area contributed by atoms with Crippen molar-refractivity contribution in [3.05, 3.63) is 90.8 Å². The molecule has 1 amide bonds. The summed E-state index contributed by atoms with van der Waals surface area (Å²) in [6.45, 7) is 0.285. The average molecular weight is 509 g/mol.